The third kappa shape index (κ3) is 3.90. The number of ether oxygens (including phenoxy) is 1. The Balaban J connectivity index is 3.09. The Morgan fingerprint density at radius 3 is 2.74 bits per heavy atom. The minimum atomic E-state index is -1.22. The molecule has 19 heavy (non-hydrogen) atoms. The van der Waals surface area contributed by atoms with E-state index in [9.17, 15) is 14.9 Å². The number of nitrogens with one attached hydrogen (secondary N) is 1. The molecule has 8 heteroatoms. The molecular formula is C11H14N2O6. The molecule has 1 unspecified atom stereocenters. The molecule has 0 spiro atoms. The van der Waals surface area contributed by atoms with E-state index in [4.69, 9.17) is 14.9 Å². The van der Waals surface area contributed by atoms with Crippen LogP contribution in [0.5, 0.6) is 0 Å². The fraction of sp³-hybridized carbons (Fsp3) is 0.364. The molecule has 1 aromatic carbocycles. The van der Waals surface area contributed by atoms with Crippen molar-refractivity contribution >= 4 is 17.3 Å². The molecule has 3 N–H and O–H groups in total. The topological polar surface area (TPSA) is 122 Å². The van der Waals surface area contributed by atoms with Crippen LogP contribution in [0.25, 0.3) is 0 Å². The maximum atomic E-state index is 11.0. The Morgan fingerprint density at radius 1 is 1.58 bits per heavy atom. The average molecular weight is 270 g/mol. The summed E-state index contributed by atoms with van der Waals surface area (Å²) in [5.41, 5.74) is -0.278. The van der Waals surface area contributed by atoms with Gasteiger partial charge in [0, 0.05) is 19.2 Å². The quantitative estimate of drug-likeness (QED) is 0.492. The second-order valence-corrected chi connectivity index (χ2v) is 3.77. The van der Waals surface area contributed by atoms with Crippen LogP contribution in [0.3, 0.4) is 0 Å². The number of nitro groups is 1. The number of nitrogens with zero attached hydrogens (tertiary/aromatic N) is 1. The summed E-state index contributed by atoms with van der Waals surface area (Å²) in [6.07, 6.45) is 0. The number of nitro benzene ring substituents is 1. The predicted octanol–water partition coefficient (Wildman–Crippen LogP) is 0.712. The molecule has 0 amide bonds. The molecule has 0 radical (unpaired) electrons. The van der Waals surface area contributed by atoms with Gasteiger partial charge in [-0.3, -0.25) is 10.1 Å². The minimum Gasteiger partial charge on any atom is -0.478 e. The summed E-state index contributed by atoms with van der Waals surface area (Å²) in [6, 6.07) is 2.81. The number of aromatic carboxylic acids is 1. The minimum absolute atomic E-state index is 0.0674. The van der Waals surface area contributed by atoms with Crippen molar-refractivity contribution in [1.82, 2.24) is 0 Å². The Kier molecular flexibility index (Phi) is 5.22. The van der Waals surface area contributed by atoms with Gasteiger partial charge in [0.15, 0.2) is 0 Å². The van der Waals surface area contributed by atoms with Crippen molar-refractivity contribution < 1.29 is 24.7 Å². The predicted molar refractivity (Wildman–Crippen MR) is 66.4 cm³/mol. The average Bonchev–Trinajstić information content (AvgIpc) is 2.37. The van der Waals surface area contributed by atoms with E-state index in [1.165, 1.54) is 7.11 Å². The first-order valence-electron chi connectivity index (χ1n) is 5.37. The zero-order valence-corrected chi connectivity index (χ0v) is 10.2. The Morgan fingerprint density at radius 2 is 2.26 bits per heavy atom. The smallest absolute Gasteiger partial charge is 0.337 e. The molecule has 0 saturated heterocycles. The molecule has 1 rings (SSSR count). The Bertz CT molecular complexity index is 476. The number of hydrogen-bond donors (Lipinski definition) is 3. The lowest BCUT2D eigenvalue weighted by atomic mass is 10.1. The normalized spacial score (nSPS) is 11.9. The van der Waals surface area contributed by atoms with Crippen molar-refractivity contribution in [3.8, 4) is 0 Å². The van der Waals surface area contributed by atoms with Gasteiger partial charge in [0.05, 0.1) is 35.4 Å². The van der Waals surface area contributed by atoms with Gasteiger partial charge in [-0.05, 0) is 6.07 Å². The second kappa shape index (κ2) is 6.66. The summed E-state index contributed by atoms with van der Waals surface area (Å²) >= 11 is 0. The fourth-order valence-corrected chi connectivity index (χ4v) is 1.51. The highest BCUT2D eigenvalue weighted by atomic mass is 16.6. The lowest BCUT2D eigenvalue weighted by Gasteiger charge is -2.17. The van der Waals surface area contributed by atoms with E-state index in [-0.39, 0.29) is 30.2 Å². The Labute approximate surface area is 108 Å². The molecule has 0 aliphatic rings. The lowest BCUT2D eigenvalue weighted by molar-refractivity contribution is -0.384. The van der Waals surface area contributed by atoms with Crippen LogP contribution < -0.4 is 5.32 Å². The van der Waals surface area contributed by atoms with Crippen LogP contribution >= 0.6 is 0 Å². The molecule has 0 saturated carbocycles. The fourth-order valence-electron chi connectivity index (χ4n) is 1.51. The molecule has 0 aromatic heterocycles. The lowest BCUT2D eigenvalue weighted by Crippen LogP contribution is -2.29. The maximum Gasteiger partial charge on any atom is 0.337 e. The van der Waals surface area contributed by atoms with Gasteiger partial charge in [-0.15, -0.1) is 0 Å². The van der Waals surface area contributed by atoms with Gasteiger partial charge in [-0.2, -0.15) is 0 Å². The second-order valence-electron chi connectivity index (χ2n) is 3.77. The number of carboxylic acids is 1. The Hall–Kier alpha value is -2.19. The molecule has 0 aliphatic carbocycles. The van der Waals surface area contributed by atoms with Crippen LogP contribution in [0, 0.1) is 10.1 Å². The number of aliphatic hydroxyl groups excluding tert-OH is 1. The first kappa shape index (κ1) is 14.9. The van der Waals surface area contributed by atoms with Gasteiger partial charge < -0.3 is 20.3 Å². The SMILES string of the molecule is COCC(CO)Nc1cc([N+](=O)[O-])ccc1C(=O)O. The molecule has 0 fully saturated rings. The zero-order chi connectivity index (χ0) is 14.4. The van der Waals surface area contributed by atoms with Crippen LogP contribution in [0.1, 0.15) is 10.4 Å². The van der Waals surface area contributed by atoms with E-state index < -0.39 is 16.9 Å². The molecule has 104 valence electrons. The van der Waals surface area contributed by atoms with Crippen molar-refractivity contribution in [1.29, 1.82) is 0 Å². The largest absolute Gasteiger partial charge is 0.478 e. The number of rotatable bonds is 7. The van der Waals surface area contributed by atoms with E-state index >= 15 is 0 Å². The molecule has 0 aliphatic heterocycles. The number of carbonyl (C=O) groups is 1. The third-order valence-corrected chi connectivity index (χ3v) is 2.39. The summed E-state index contributed by atoms with van der Waals surface area (Å²) in [5, 5.41) is 31.5. The van der Waals surface area contributed by atoms with Crippen molar-refractivity contribution in [3.63, 3.8) is 0 Å². The van der Waals surface area contributed by atoms with Gasteiger partial charge in [0.25, 0.3) is 5.69 Å². The highest BCUT2D eigenvalue weighted by Gasteiger charge is 2.17. The van der Waals surface area contributed by atoms with Gasteiger partial charge in [0.2, 0.25) is 0 Å². The number of aliphatic hydroxyl groups is 1. The molecule has 1 aromatic rings. The molecule has 0 heterocycles. The zero-order valence-electron chi connectivity index (χ0n) is 10.2. The summed E-state index contributed by atoms with van der Waals surface area (Å²) in [7, 11) is 1.43. The highest BCUT2D eigenvalue weighted by Crippen LogP contribution is 2.23. The van der Waals surface area contributed by atoms with Gasteiger partial charge in [-0.1, -0.05) is 0 Å². The third-order valence-electron chi connectivity index (χ3n) is 2.39. The first-order chi connectivity index (χ1) is 8.99. The maximum absolute atomic E-state index is 11.0. The van der Waals surface area contributed by atoms with E-state index in [0.717, 1.165) is 18.2 Å². The number of non-ortho nitro benzene ring substituents is 1. The van der Waals surface area contributed by atoms with Crippen molar-refractivity contribution in [3.05, 3.63) is 33.9 Å². The van der Waals surface area contributed by atoms with E-state index in [2.05, 4.69) is 5.32 Å². The number of carboxylic acid groups (broad SMARTS) is 1. The first-order valence-corrected chi connectivity index (χ1v) is 5.37. The summed E-state index contributed by atoms with van der Waals surface area (Å²) < 4.78 is 4.84. The van der Waals surface area contributed by atoms with Crippen molar-refractivity contribution in [2.24, 2.45) is 0 Å². The summed E-state index contributed by atoms with van der Waals surface area (Å²) in [4.78, 5) is 21.1. The van der Waals surface area contributed by atoms with Crippen LogP contribution in [0.2, 0.25) is 0 Å². The summed E-state index contributed by atoms with van der Waals surface area (Å²) in [5.74, 6) is -1.22. The van der Waals surface area contributed by atoms with Crippen LogP contribution in [-0.4, -0.2) is 47.5 Å². The number of anilines is 1. The van der Waals surface area contributed by atoms with Crippen LogP contribution in [0.4, 0.5) is 11.4 Å². The molecular weight excluding hydrogens is 256 g/mol. The highest BCUT2D eigenvalue weighted by molar-refractivity contribution is 5.94. The van der Waals surface area contributed by atoms with Gasteiger partial charge in [0.1, 0.15) is 0 Å². The van der Waals surface area contributed by atoms with E-state index in [1.807, 2.05) is 0 Å². The van der Waals surface area contributed by atoms with Gasteiger partial charge >= 0.3 is 5.97 Å². The van der Waals surface area contributed by atoms with Gasteiger partial charge in [-0.25, -0.2) is 4.79 Å². The van der Waals surface area contributed by atoms with Crippen LogP contribution in [0.15, 0.2) is 18.2 Å². The number of hydrogen-bond acceptors (Lipinski definition) is 6. The van der Waals surface area contributed by atoms with Crippen molar-refractivity contribution in [2.75, 3.05) is 25.6 Å². The standard InChI is InChI=1S/C11H14N2O6/c1-19-6-7(5-14)12-10-4-8(13(17)18)2-3-9(10)11(15)16/h2-4,7,12,14H,5-6H2,1H3,(H,15,16). The molecule has 8 nitrogen and oxygen atoms in total. The summed E-state index contributed by atoms with van der Waals surface area (Å²) in [6.45, 7) is -0.159. The molecule has 0 bridgehead atoms. The molecule has 1 atom stereocenters. The number of methoxy groups -OCH3 is 1. The monoisotopic (exact) mass is 270 g/mol. The van der Waals surface area contributed by atoms with E-state index in [0.29, 0.717) is 0 Å². The van der Waals surface area contributed by atoms with Crippen LogP contribution in [-0.2, 0) is 4.74 Å². The number of benzene rings is 1. The van der Waals surface area contributed by atoms with Crippen molar-refractivity contribution in [2.45, 2.75) is 6.04 Å². The van der Waals surface area contributed by atoms with E-state index in [1.54, 1.807) is 0 Å².